The minimum Gasteiger partial charge on any atom is -0.329 e. The largest absolute Gasteiger partial charge is 0.329 e. The van der Waals surface area contributed by atoms with Crippen molar-refractivity contribution in [2.75, 3.05) is 6.54 Å². The molecule has 0 aromatic rings. The molecule has 1 heterocycles. The Morgan fingerprint density at radius 2 is 2.15 bits per heavy atom. The summed E-state index contributed by atoms with van der Waals surface area (Å²) in [6.07, 6.45) is 4.39. The highest BCUT2D eigenvalue weighted by Crippen LogP contribution is 2.33. The lowest BCUT2D eigenvalue weighted by atomic mass is 10.2. The number of hydrogen-bond acceptors (Lipinski definition) is 1. The van der Waals surface area contributed by atoms with E-state index in [0.29, 0.717) is 11.8 Å². The molecule has 1 amide bonds. The van der Waals surface area contributed by atoms with E-state index in [2.05, 4.69) is 11.8 Å². The molecule has 0 radical (unpaired) electrons. The van der Waals surface area contributed by atoms with Crippen molar-refractivity contribution < 1.29 is 4.79 Å². The average Bonchev–Trinajstić information content (AvgIpc) is 2.87. The summed E-state index contributed by atoms with van der Waals surface area (Å²) in [5.74, 6) is 6.72. The first-order chi connectivity index (χ1) is 6.33. The van der Waals surface area contributed by atoms with Gasteiger partial charge in [0.05, 0.1) is 6.04 Å². The van der Waals surface area contributed by atoms with Crippen LogP contribution in [0.1, 0.15) is 32.6 Å². The molecule has 2 heteroatoms. The maximum atomic E-state index is 11.8. The highest BCUT2D eigenvalue weighted by Gasteiger charge is 2.37. The van der Waals surface area contributed by atoms with Crippen LogP contribution in [0.5, 0.6) is 0 Å². The zero-order valence-electron chi connectivity index (χ0n) is 8.05. The van der Waals surface area contributed by atoms with Gasteiger partial charge in [-0.2, -0.15) is 0 Å². The van der Waals surface area contributed by atoms with Crippen molar-refractivity contribution in [3.63, 3.8) is 0 Å². The van der Waals surface area contributed by atoms with E-state index in [4.69, 9.17) is 0 Å². The fourth-order valence-corrected chi connectivity index (χ4v) is 1.91. The number of carbonyl (C=O) groups is 1. The minimum absolute atomic E-state index is 0.220. The smallest absolute Gasteiger partial charge is 0.226 e. The Hall–Kier alpha value is -0.970. The third kappa shape index (κ3) is 1.70. The lowest BCUT2D eigenvalue weighted by molar-refractivity contribution is -0.132. The number of nitrogens with zero attached hydrogens (tertiary/aromatic N) is 1. The first-order valence-corrected chi connectivity index (χ1v) is 5.05. The summed E-state index contributed by atoms with van der Waals surface area (Å²) in [6, 6.07) is 0.220. The van der Waals surface area contributed by atoms with E-state index in [1.54, 1.807) is 0 Å². The van der Waals surface area contributed by atoms with Gasteiger partial charge in [0.2, 0.25) is 5.91 Å². The van der Waals surface area contributed by atoms with Crippen LogP contribution < -0.4 is 0 Å². The Morgan fingerprint density at radius 3 is 2.77 bits per heavy atom. The fraction of sp³-hybridized carbons (Fsp3) is 0.727. The maximum absolute atomic E-state index is 11.8. The maximum Gasteiger partial charge on any atom is 0.226 e. The summed E-state index contributed by atoms with van der Waals surface area (Å²) in [4.78, 5) is 13.7. The summed E-state index contributed by atoms with van der Waals surface area (Å²) in [6.45, 7) is 2.77. The molecule has 1 saturated carbocycles. The van der Waals surface area contributed by atoms with Gasteiger partial charge in [-0.1, -0.05) is 5.92 Å². The molecule has 1 aliphatic heterocycles. The summed E-state index contributed by atoms with van der Waals surface area (Å²) >= 11 is 0. The van der Waals surface area contributed by atoms with Crippen molar-refractivity contribution >= 4 is 5.91 Å². The Morgan fingerprint density at radius 1 is 1.38 bits per heavy atom. The van der Waals surface area contributed by atoms with E-state index in [9.17, 15) is 4.79 Å². The second-order valence-corrected chi connectivity index (χ2v) is 3.86. The monoisotopic (exact) mass is 177 g/mol. The van der Waals surface area contributed by atoms with E-state index in [0.717, 1.165) is 32.2 Å². The quantitative estimate of drug-likeness (QED) is 0.554. The van der Waals surface area contributed by atoms with Crippen LogP contribution in [0.4, 0.5) is 0 Å². The Kier molecular flexibility index (Phi) is 2.26. The van der Waals surface area contributed by atoms with Gasteiger partial charge in [0.15, 0.2) is 0 Å². The predicted molar refractivity (Wildman–Crippen MR) is 50.9 cm³/mol. The molecule has 13 heavy (non-hydrogen) atoms. The van der Waals surface area contributed by atoms with Gasteiger partial charge < -0.3 is 4.90 Å². The molecule has 1 atom stereocenters. The Bertz CT molecular complexity index is 270. The third-order valence-corrected chi connectivity index (χ3v) is 2.77. The number of carbonyl (C=O) groups excluding carboxylic acids is 1. The number of rotatable bonds is 1. The van der Waals surface area contributed by atoms with Gasteiger partial charge >= 0.3 is 0 Å². The molecular weight excluding hydrogens is 162 g/mol. The molecule has 1 aliphatic carbocycles. The van der Waals surface area contributed by atoms with Gasteiger partial charge in [0.1, 0.15) is 0 Å². The molecule has 70 valence electrons. The molecule has 1 saturated heterocycles. The van der Waals surface area contributed by atoms with Crippen LogP contribution >= 0.6 is 0 Å². The van der Waals surface area contributed by atoms with Crippen LogP contribution in [0.15, 0.2) is 0 Å². The first kappa shape index (κ1) is 8.62. The number of amides is 1. The summed E-state index contributed by atoms with van der Waals surface area (Å²) in [7, 11) is 0. The van der Waals surface area contributed by atoms with Gasteiger partial charge in [-0.05, 0) is 32.6 Å². The summed E-state index contributed by atoms with van der Waals surface area (Å²) in [5, 5.41) is 0. The molecule has 0 bridgehead atoms. The van der Waals surface area contributed by atoms with Crippen LogP contribution in [0.2, 0.25) is 0 Å². The molecule has 2 rings (SSSR count). The first-order valence-electron chi connectivity index (χ1n) is 5.05. The van der Waals surface area contributed by atoms with Crippen molar-refractivity contribution in [3.05, 3.63) is 0 Å². The normalized spacial score (nSPS) is 26.8. The molecular formula is C11H15NO. The van der Waals surface area contributed by atoms with Crippen molar-refractivity contribution in [2.24, 2.45) is 5.92 Å². The average molecular weight is 177 g/mol. The molecule has 1 unspecified atom stereocenters. The fourth-order valence-electron chi connectivity index (χ4n) is 1.91. The van der Waals surface area contributed by atoms with E-state index < -0.39 is 0 Å². The van der Waals surface area contributed by atoms with Crippen LogP contribution in [-0.2, 0) is 4.79 Å². The molecule has 0 spiro atoms. The Balaban J connectivity index is 2.02. The molecule has 2 nitrogen and oxygen atoms in total. The lowest BCUT2D eigenvalue weighted by Crippen LogP contribution is -2.35. The van der Waals surface area contributed by atoms with Crippen LogP contribution in [-0.4, -0.2) is 23.4 Å². The second-order valence-electron chi connectivity index (χ2n) is 3.86. The SMILES string of the molecule is CC#CC1CCCN1C(=O)C1CC1. The van der Waals surface area contributed by atoms with Gasteiger partial charge in [0.25, 0.3) is 0 Å². The van der Waals surface area contributed by atoms with Gasteiger partial charge in [-0.15, -0.1) is 5.92 Å². The molecule has 0 N–H and O–H groups in total. The second kappa shape index (κ2) is 3.41. The lowest BCUT2D eigenvalue weighted by Gasteiger charge is -2.20. The van der Waals surface area contributed by atoms with Gasteiger partial charge in [-0.25, -0.2) is 0 Å². The van der Waals surface area contributed by atoms with Gasteiger partial charge in [0, 0.05) is 12.5 Å². The van der Waals surface area contributed by atoms with Crippen molar-refractivity contribution in [3.8, 4) is 11.8 Å². The van der Waals surface area contributed by atoms with Crippen LogP contribution in [0.25, 0.3) is 0 Å². The van der Waals surface area contributed by atoms with Crippen LogP contribution in [0.3, 0.4) is 0 Å². The summed E-state index contributed by atoms with van der Waals surface area (Å²) < 4.78 is 0. The van der Waals surface area contributed by atoms with Crippen molar-refractivity contribution in [1.29, 1.82) is 0 Å². The molecule has 0 aromatic heterocycles. The summed E-state index contributed by atoms with van der Waals surface area (Å²) in [5.41, 5.74) is 0. The molecule has 0 aromatic carbocycles. The zero-order chi connectivity index (χ0) is 9.26. The standard InChI is InChI=1S/C11H15NO/c1-2-4-10-5-3-8-12(10)11(13)9-6-7-9/h9-10H,3,5-8H2,1H3. The number of likely N-dealkylation sites (tertiary alicyclic amines) is 1. The molecule has 2 aliphatic rings. The number of hydrogen-bond donors (Lipinski definition) is 0. The van der Waals surface area contributed by atoms with E-state index in [-0.39, 0.29) is 6.04 Å². The van der Waals surface area contributed by atoms with Gasteiger partial charge in [-0.3, -0.25) is 4.79 Å². The van der Waals surface area contributed by atoms with E-state index >= 15 is 0 Å². The minimum atomic E-state index is 0.220. The zero-order valence-corrected chi connectivity index (χ0v) is 8.05. The topological polar surface area (TPSA) is 20.3 Å². The highest BCUT2D eigenvalue weighted by atomic mass is 16.2. The molecule has 2 fully saturated rings. The van der Waals surface area contributed by atoms with E-state index in [1.807, 2.05) is 11.8 Å². The van der Waals surface area contributed by atoms with Crippen LogP contribution in [0, 0.1) is 17.8 Å². The Labute approximate surface area is 79.3 Å². The highest BCUT2D eigenvalue weighted by molar-refractivity contribution is 5.82. The van der Waals surface area contributed by atoms with Crippen molar-refractivity contribution in [2.45, 2.75) is 38.6 Å². The van der Waals surface area contributed by atoms with Crippen molar-refractivity contribution in [1.82, 2.24) is 4.90 Å². The van der Waals surface area contributed by atoms with E-state index in [1.165, 1.54) is 0 Å². The predicted octanol–water partition coefficient (Wildman–Crippen LogP) is 1.41. The third-order valence-electron chi connectivity index (χ3n) is 2.77.